The Morgan fingerprint density at radius 2 is 2.00 bits per heavy atom. The highest BCUT2D eigenvalue weighted by atomic mass is 16.3. The first-order valence-corrected chi connectivity index (χ1v) is 5.07. The summed E-state index contributed by atoms with van der Waals surface area (Å²) >= 11 is 0. The van der Waals surface area contributed by atoms with Crippen LogP contribution in [-0.2, 0) is 0 Å². The largest absolute Gasteiger partial charge is 0.404 e. The van der Waals surface area contributed by atoms with E-state index in [0.717, 1.165) is 30.5 Å². The van der Waals surface area contributed by atoms with Crippen LogP contribution >= 0.6 is 0 Å². The third-order valence-electron chi connectivity index (χ3n) is 2.19. The van der Waals surface area contributed by atoms with Gasteiger partial charge in [0.05, 0.1) is 11.0 Å². The molecule has 0 aromatic heterocycles. The number of hydrogen-bond donors (Lipinski definition) is 1. The van der Waals surface area contributed by atoms with Crippen molar-refractivity contribution in [1.82, 2.24) is 0 Å². The first-order valence-electron chi connectivity index (χ1n) is 5.07. The molecule has 1 aliphatic rings. The maximum absolute atomic E-state index is 10.1. The van der Waals surface area contributed by atoms with Crippen LogP contribution in [0.15, 0.2) is 27.2 Å². The van der Waals surface area contributed by atoms with E-state index in [4.69, 9.17) is 5.73 Å². The fraction of sp³-hybridized carbons (Fsp3) is 0.600. The molecule has 0 atom stereocenters. The van der Waals surface area contributed by atoms with Crippen molar-refractivity contribution in [2.24, 2.45) is 21.1 Å². The molecule has 1 fully saturated rings. The van der Waals surface area contributed by atoms with Crippen LogP contribution in [0.3, 0.4) is 0 Å². The van der Waals surface area contributed by atoms with Gasteiger partial charge in [-0.05, 0) is 33.1 Å². The van der Waals surface area contributed by atoms with Crippen molar-refractivity contribution in [3.8, 4) is 0 Å². The lowest BCUT2D eigenvalue weighted by atomic mass is 9.91. The van der Waals surface area contributed by atoms with Crippen LogP contribution in [0.5, 0.6) is 0 Å². The van der Waals surface area contributed by atoms with Gasteiger partial charge in [-0.25, -0.2) is 0 Å². The van der Waals surface area contributed by atoms with Crippen LogP contribution in [0.25, 0.3) is 0 Å². The summed E-state index contributed by atoms with van der Waals surface area (Å²) < 4.78 is 0. The zero-order chi connectivity index (χ0) is 11.3. The summed E-state index contributed by atoms with van der Waals surface area (Å²) in [5.74, 6) is 0. The van der Waals surface area contributed by atoms with Crippen molar-refractivity contribution in [3.63, 3.8) is 0 Å². The average molecular weight is 208 g/mol. The Hall–Kier alpha value is -1.52. The van der Waals surface area contributed by atoms with Gasteiger partial charge in [0.15, 0.2) is 0 Å². The van der Waals surface area contributed by atoms with Crippen LogP contribution in [0.2, 0.25) is 0 Å². The molecule has 1 rings (SSSR count). The first kappa shape index (κ1) is 11.6. The number of hydrogen-bond acceptors (Lipinski definition) is 4. The molecule has 82 valence electrons. The quantitative estimate of drug-likeness (QED) is 0.556. The van der Waals surface area contributed by atoms with Gasteiger partial charge in [-0.2, -0.15) is 0 Å². The smallest absolute Gasteiger partial charge is 0.0800 e. The highest BCUT2D eigenvalue weighted by Crippen LogP contribution is 2.19. The number of rotatable bonds is 2. The summed E-state index contributed by atoms with van der Waals surface area (Å²) in [6.45, 7) is 4.01. The van der Waals surface area contributed by atoms with Crippen molar-refractivity contribution >= 4 is 11.4 Å². The zero-order valence-electron chi connectivity index (χ0n) is 9.10. The lowest BCUT2D eigenvalue weighted by molar-refractivity contribution is 0.812. The molecule has 2 N–H and O–H groups in total. The normalized spacial score (nSPS) is 25.4. The molecule has 0 saturated heterocycles. The Labute approximate surface area is 89.1 Å². The van der Waals surface area contributed by atoms with E-state index >= 15 is 0 Å². The van der Waals surface area contributed by atoms with Gasteiger partial charge in [-0.3, -0.25) is 4.99 Å². The molecular weight excluding hydrogens is 192 g/mol. The maximum atomic E-state index is 10.1. The SMILES string of the molecule is CC(C)N=C1CCC/C(=N\N=O)C1=CN. The van der Waals surface area contributed by atoms with Gasteiger partial charge in [-0.1, -0.05) is 0 Å². The van der Waals surface area contributed by atoms with Crippen molar-refractivity contribution in [1.29, 1.82) is 0 Å². The summed E-state index contributed by atoms with van der Waals surface area (Å²) in [4.78, 5) is 14.6. The first-order chi connectivity index (χ1) is 7.19. The fourth-order valence-electron chi connectivity index (χ4n) is 1.65. The third kappa shape index (κ3) is 2.97. The van der Waals surface area contributed by atoms with E-state index in [2.05, 4.69) is 15.4 Å². The van der Waals surface area contributed by atoms with E-state index < -0.39 is 0 Å². The van der Waals surface area contributed by atoms with Crippen LogP contribution in [0.4, 0.5) is 0 Å². The standard InChI is InChI=1S/C10H16N4O/c1-7(2)12-9-4-3-5-10(13-14-15)8(9)6-11/h6-7H,3-5,11H2,1-2H3/b8-6?,12-9?,13-10+. The number of nitroso groups, excluding NO2 is 1. The topological polar surface area (TPSA) is 80.2 Å². The summed E-state index contributed by atoms with van der Waals surface area (Å²) in [6, 6.07) is 0.221. The molecule has 0 heterocycles. The minimum atomic E-state index is 0.221. The summed E-state index contributed by atoms with van der Waals surface area (Å²) in [5, 5.41) is 6.11. The second-order valence-electron chi connectivity index (χ2n) is 3.73. The van der Waals surface area contributed by atoms with Crippen molar-refractivity contribution in [3.05, 3.63) is 16.7 Å². The predicted molar refractivity (Wildman–Crippen MR) is 61.9 cm³/mol. The Bertz CT molecular complexity index is 328. The Morgan fingerprint density at radius 1 is 1.33 bits per heavy atom. The molecule has 0 radical (unpaired) electrons. The molecule has 0 aromatic rings. The maximum Gasteiger partial charge on any atom is 0.0800 e. The molecule has 0 spiro atoms. The molecule has 0 aliphatic heterocycles. The van der Waals surface area contributed by atoms with Crippen LogP contribution < -0.4 is 5.73 Å². The molecule has 0 bridgehead atoms. The molecule has 5 heteroatoms. The van der Waals surface area contributed by atoms with Gasteiger partial charge in [-0.15, -0.1) is 10.0 Å². The van der Waals surface area contributed by atoms with E-state index in [9.17, 15) is 4.91 Å². The molecule has 0 unspecified atom stereocenters. The monoisotopic (exact) mass is 208 g/mol. The Morgan fingerprint density at radius 3 is 2.53 bits per heavy atom. The van der Waals surface area contributed by atoms with E-state index in [1.807, 2.05) is 13.8 Å². The van der Waals surface area contributed by atoms with Gasteiger partial charge in [0.25, 0.3) is 0 Å². The van der Waals surface area contributed by atoms with Crippen molar-refractivity contribution in [2.75, 3.05) is 0 Å². The Balaban J connectivity index is 3.01. The fourth-order valence-corrected chi connectivity index (χ4v) is 1.65. The van der Waals surface area contributed by atoms with Crippen LogP contribution in [-0.4, -0.2) is 17.5 Å². The van der Waals surface area contributed by atoms with Gasteiger partial charge < -0.3 is 5.73 Å². The van der Waals surface area contributed by atoms with Crippen LogP contribution in [0.1, 0.15) is 33.1 Å². The summed E-state index contributed by atoms with van der Waals surface area (Å²) in [5.41, 5.74) is 7.88. The number of nitrogens with two attached hydrogens (primary N) is 1. The summed E-state index contributed by atoms with van der Waals surface area (Å²) in [7, 11) is 0. The second-order valence-corrected chi connectivity index (χ2v) is 3.73. The van der Waals surface area contributed by atoms with E-state index in [0.29, 0.717) is 5.71 Å². The van der Waals surface area contributed by atoms with Gasteiger partial charge in [0.1, 0.15) is 0 Å². The molecule has 0 amide bonds. The van der Waals surface area contributed by atoms with Gasteiger partial charge in [0.2, 0.25) is 0 Å². The number of aliphatic imine (C=N–C) groups is 1. The highest BCUT2D eigenvalue weighted by molar-refractivity contribution is 6.25. The minimum absolute atomic E-state index is 0.221. The summed E-state index contributed by atoms with van der Waals surface area (Å²) in [6.07, 6.45) is 4.03. The van der Waals surface area contributed by atoms with Crippen LogP contribution in [0, 0.1) is 4.91 Å². The predicted octanol–water partition coefficient (Wildman–Crippen LogP) is 1.98. The van der Waals surface area contributed by atoms with E-state index in [1.54, 1.807) is 0 Å². The van der Waals surface area contributed by atoms with Gasteiger partial charge in [0, 0.05) is 23.5 Å². The molecular formula is C10H16N4O. The third-order valence-corrected chi connectivity index (χ3v) is 2.19. The van der Waals surface area contributed by atoms with Crippen molar-refractivity contribution < 1.29 is 0 Å². The zero-order valence-corrected chi connectivity index (χ0v) is 9.10. The van der Waals surface area contributed by atoms with Gasteiger partial charge >= 0.3 is 0 Å². The number of nitrogens with zero attached hydrogens (tertiary/aromatic N) is 3. The molecule has 1 saturated carbocycles. The second kappa shape index (κ2) is 5.38. The molecule has 1 aliphatic carbocycles. The van der Waals surface area contributed by atoms with E-state index in [-0.39, 0.29) is 6.04 Å². The average Bonchev–Trinajstić information content (AvgIpc) is 2.18. The van der Waals surface area contributed by atoms with E-state index in [1.165, 1.54) is 6.20 Å². The molecule has 15 heavy (non-hydrogen) atoms. The molecule has 5 nitrogen and oxygen atoms in total. The number of allylic oxidation sites excluding steroid dienone is 1. The lowest BCUT2D eigenvalue weighted by Crippen LogP contribution is -2.21. The lowest BCUT2D eigenvalue weighted by Gasteiger charge is -2.18. The Kier molecular flexibility index (Phi) is 4.15. The van der Waals surface area contributed by atoms with Crippen molar-refractivity contribution in [2.45, 2.75) is 39.2 Å². The minimum Gasteiger partial charge on any atom is -0.404 e. The highest BCUT2D eigenvalue weighted by Gasteiger charge is 2.20. The molecule has 0 aromatic carbocycles.